The molecule has 0 saturated heterocycles. The van der Waals surface area contributed by atoms with E-state index in [2.05, 4.69) is 207 Å². The van der Waals surface area contributed by atoms with Gasteiger partial charge >= 0.3 is 0 Å². The maximum atomic E-state index is 2.39. The molecule has 0 fully saturated rings. The molecule has 11 rings (SSSR count). The molecular weight excluding hydrogens is 661 g/mol. The first-order valence-electron chi connectivity index (χ1n) is 19.2. The van der Waals surface area contributed by atoms with E-state index >= 15 is 0 Å². The first kappa shape index (κ1) is 31.5. The molecule has 256 valence electrons. The maximum absolute atomic E-state index is 2.39. The fraction of sp³-hybridized carbons (Fsp3) is 0.0182. The molecule has 0 atom stereocenters. The van der Waals surface area contributed by atoms with Gasteiger partial charge in [-0.2, -0.15) is 0 Å². The average Bonchev–Trinajstić information content (AvgIpc) is 3.26. The van der Waals surface area contributed by atoms with E-state index in [9.17, 15) is 0 Å². The molecule has 0 radical (unpaired) electrons. The van der Waals surface area contributed by atoms with Gasteiger partial charge in [-0.1, -0.05) is 176 Å². The third kappa shape index (κ3) is 5.22. The number of benzene rings is 11. The molecule has 11 aromatic carbocycles. The van der Waals surface area contributed by atoms with E-state index in [1.54, 1.807) is 0 Å². The van der Waals surface area contributed by atoms with Crippen molar-refractivity contribution in [1.82, 2.24) is 0 Å². The molecular formula is C55H36. The van der Waals surface area contributed by atoms with E-state index in [1.165, 1.54) is 115 Å². The standard InChI is InChI=1S/C55H36/c1-35-29-42(32-43(30-35)41-26-28-53-49-18-5-3-14-45(49)47-16-7-9-20-51(47)55(53)34-41)37-23-21-36(22-24-37)38-11-10-12-39(31-38)40-25-27-52-48-17-4-2-13-44(48)46-15-6-8-19-50(46)54(52)33-40/h2-34H,1H3. The fourth-order valence-electron chi connectivity index (χ4n) is 9.02. The minimum atomic E-state index is 1.21. The van der Waals surface area contributed by atoms with E-state index in [4.69, 9.17) is 0 Å². The zero-order valence-electron chi connectivity index (χ0n) is 30.6. The monoisotopic (exact) mass is 696 g/mol. The van der Waals surface area contributed by atoms with Crippen LogP contribution in [-0.4, -0.2) is 0 Å². The molecule has 0 nitrogen and oxygen atoms in total. The second-order valence-electron chi connectivity index (χ2n) is 14.9. The summed E-state index contributed by atoms with van der Waals surface area (Å²) in [5, 5.41) is 15.6. The Morgan fingerprint density at radius 3 is 0.891 bits per heavy atom. The molecule has 0 saturated carbocycles. The number of hydrogen-bond donors (Lipinski definition) is 0. The van der Waals surface area contributed by atoms with Crippen molar-refractivity contribution in [3.63, 3.8) is 0 Å². The summed E-state index contributed by atoms with van der Waals surface area (Å²) in [6, 6.07) is 74.1. The predicted octanol–water partition coefficient (Wildman–Crippen LogP) is 15.6. The van der Waals surface area contributed by atoms with Crippen molar-refractivity contribution in [1.29, 1.82) is 0 Å². The fourth-order valence-corrected chi connectivity index (χ4v) is 9.02. The lowest BCUT2D eigenvalue weighted by atomic mass is 9.90. The van der Waals surface area contributed by atoms with Gasteiger partial charge in [0.05, 0.1) is 0 Å². The van der Waals surface area contributed by atoms with Crippen molar-refractivity contribution < 1.29 is 0 Å². The first-order chi connectivity index (χ1) is 27.2. The summed E-state index contributed by atoms with van der Waals surface area (Å²) in [7, 11) is 0. The van der Waals surface area contributed by atoms with Crippen LogP contribution in [0.4, 0.5) is 0 Å². The van der Waals surface area contributed by atoms with Crippen LogP contribution in [0.2, 0.25) is 0 Å². The normalized spacial score (nSPS) is 11.7. The number of rotatable bonds is 4. The minimum absolute atomic E-state index is 1.21. The van der Waals surface area contributed by atoms with Crippen LogP contribution in [0.15, 0.2) is 200 Å². The van der Waals surface area contributed by atoms with E-state index in [0.717, 1.165) is 0 Å². The summed E-state index contributed by atoms with van der Waals surface area (Å²) < 4.78 is 0. The summed E-state index contributed by atoms with van der Waals surface area (Å²) in [5.74, 6) is 0. The van der Waals surface area contributed by atoms with Crippen molar-refractivity contribution in [2.75, 3.05) is 0 Å². The van der Waals surface area contributed by atoms with Gasteiger partial charge in [0.2, 0.25) is 0 Å². The van der Waals surface area contributed by atoms with E-state index in [0.29, 0.717) is 0 Å². The molecule has 0 aliphatic carbocycles. The first-order valence-corrected chi connectivity index (χ1v) is 19.2. The van der Waals surface area contributed by atoms with Crippen molar-refractivity contribution >= 4 is 64.6 Å². The summed E-state index contributed by atoms with van der Waals surface area (Å²) >= 11 is 0. The molecule has 0 spiro atoms. The molecule has 0 heteroatoms. The zero-order chi connectivity index (χ0) is 36.5. The third-order valence-corrected chi connectivity index (χ3v) is 11.6. The van der Waals surface area contributed by atoms with Gasteiger partial charge in [-0.05, 0) is 146 Å². The Kier molecular flexibility index (Phi) is 7.19. The van der Waals surface area contributed by atoms with Gasteiger partial charge in [0.15, 0.2) is 0 Å². The average molecular weight is 697 g/mol. The molecule has 0 heterocycles. The summed E-state index contributed by atoms with van der Waals surface area (Å²) in [6.45, 7) is 2.20. The zero-order valence-corrected chi connectivity index (χ0v) is 30.6. The third-order valence-electron chi connectivity index (χ3n) is 11.6. The van der Waals surface area contributed by atoms with Gasteiger partial charge in [-0.3, -0.25) is 0 Å². The summed E-state index contributed by atoms with van der Waals surface area (Å²) in [4.78, 5) is 0. The maximum Gasteiger partial charge on any atom is -0.00928 e. The van der Waals surface area contributed by atoms with Crippen molar-refractivity contribution in [2.24, 2.45) is 0 Å². The van der Waals surface area contributed by atoms with E-state index in [-0.39, 0.29) is 0 Å². The summed E-state index contributed by atoms with van der Waals surface area (Å²) in [6.07, 6.45) is 0. The van der Waals surface area contributed by atoms with Crippen LogP contribution in [0, 0.1) is 6.92 Å². The lowest BCUT2D eigenvalue weighted by Gasteiger charge is -2.14. The van der Waals surface area contributed by atoms with E-state index < -0.39 is 0 Å². The highest BCUT2D eigenvalue weighted by atomic mass is 14.2. The molecule has 0 bridgehead atoms. The Morgan fingerprint density at radius 1 is 0.182 bits per heavy atom. The van der Waals surface area contributed by atoms with Crippen LogP contribution >= 0.6 is 0 Å². The molecule has 0 aliphatic rings. The SMILES string of the molecule is Cc1cc(-c2ccc(-c3cccc(-c4ccc5c6ccccc6c6ccccc6c5c4)c3)cc2)cc(-c2ccc3c4ccccc4c4ccccc4c3c2)c1. The van der Waals surface area contributed by atoms with Gasteiger partial charge in [0.1, 0.15) is 0 Å². The van der Waals surface area contributed by atoms with Gasteiger partial charge in [-0.15, -0.1) is 0 Å². The highest BCUT2D eigenvalue weighted by molar-refractivity contribution is 6.27. The molecule has 0 N–H and O–H groups in total. The van der Waals surface area contributed by atoms with Gasteiger partial charge < -0.3 is 0 Å². The Bertz CT molecular complexity index is 3240. The Morgan fingerprint density at radius 2 is 0.455 bits per heavy atom. The van der Waals surface area contributed by atoms with Crippen LogP contribution in [0.25, 0.3) is 109 Å². The quantitative estimate of drug-likeness (QED) is 0.161. The predicted molar refractivity (Wildman–Crippen MR) is 238 cm³/mol. The lowest BCUT2D eigenvalue weighted by molar-refractivity contribution is 1.46. The van der Waals surface area contributed by atoms with Gasteiger partial charge in [-0.25, -0.2) is 0 Å². The van der Waals surface area contributed by atoms with Crippen molar-refractivity contribution in [3.8, 4) is 44.5 Å². The highest BCUT2D eigenvalue weighted by Crippen LogP contribution is 2.40. The Hall–Kier alpha value is -7.02. The lowest BCUT2D eigenvalue weighted by Crippen LogP contribution is -1.87. The van der Waals surface area contributed by atoms with Crippen LogP contribution in [0.1, 0.15) is 5.56 Å². The van der Waals surface area contributed by atoms with Gasteiger partial charge in [0, 0.05) is 0 Å². The number of hydrogen-bond acceptors (Lipinski definition) is 0. The second kappa shape index (κ2) is 12.5. The molecule has 0 amide bonds. The van der Waals surface area contributed by atoms with E-state index in [1.807, 2.05) is 0 Å². The van der Waals surface area contributed by atoms with Crippen LogP contribution < -0.4 is 0 Å². The molecule has 0 aliphatic heterocycles. The van der Waals surface area contributed by atoms with Crippen LogP contribution in [-0.2, 0) is 0 Å². The van der Waals surface area contributed by atoms with Crippen LogP contribution in [0.3, 0.4) is 0 Å². The second-order valence-corrected chi connectivity index (χ2v) is 14.9. The van der Waals surface area contributed by atoms with Gasteiger partial charge in [0.25, 0.3) is 0 Å². The van der Waals surface area contributed by atoms with Crippen LogP contribution in [0.5, 0.6) is 0 Å². The molecule has 0 unspecified atom stereocenters. The molecule has 0 aromatic heterocycles. The Labute approximate surface area is 320 Å². The Balaban J connectivity index is 0.944. The van der Waals surface area contributed by atoms with Crippen molar-refractivity contribution in [2.45, 2.75) is 6.92 Å². The smallest absolute Gasteiger partial charge is 0.00928 e. The number of aryl methyl sites for hydroxylation is 1. The number of fused-ring (bicyclic) bond motifs is 12. The largest absolute Gasteiger partial charge is 0.0616 e. The van der Waals surface area contributed by atoms with Crippen molar-refractivity contribution in [3.05, 3.63) is 206 Å². The minimum Gasteiger partial charge on any atom is -0.0616 e. The molecule has 11 aromatic rings. The topological polar surface area (TPSA) is 0 Å². The highest BCUT2D eigenvalue weighted by Gasteiger charge is 2.13. The molecule has 55 heavy (non-hydrogen) atoms. The summed E-state index contributed by atoms with van der Waals surface area (Å²) in [5.41, 5.74) is 11.1.